The molecule has 8 aromatic rings. The third-order valence-electron chi connectivity index (χ3n) is 7.61. The Kier molecular flexibility index (Phi) is 5.42. The van der Waals surface area contributed by atoms with Gasteiger partial charge in [0, 0.05) is 22.1 Å². The van der Waals surface area contributed by atoms with Gasteiger partial charge in [-0.15, -0.1) is 0 Å². The van der Waals surface area contributed by atoms with E-state index in [0.29, 0.717) is 0 Å². The molecule has 194 valence electrons. The second kappa shape index (κ2) is 9.54. The summed E-state index contributed by atoms with van der Waals surface area (Å²) in [6.07, 6.45) is 3.52. The fourth-order valence-corrected chi connectivity index (χ4v) is 5.72. The van der Waals surface area contributed by atoms with Gasteiger partial charge in [-0.2, -0.15) is 0 Å². The molecule has 8 rings (SSSR count). The maximum Gasteiger partial charge on any atom is 0.149 e. The molecule has 0 amide bonds. The average Bonchev–Trinajstić information content (AvgIpc) is 3.80. The van der Waals surface area contributed by atoms with Crippen molar-refractivity contribution in [1.29, 1.82) is 0 Å². The highest BCUT2D eigenvalue weighted by atomic mass is 16.3. The minimum Gasteiger partial charge on any atom is -0.464 e. The van der Waals surface area contributed by atoms with Gasteiger partial charge in [0.1, 0.15) is 23.4 Å². The summed E-state index contributed by atoms with van der Waals surface area (Å²) in [7, 11) is 0. The monoisotopic (exact) mass is 528 g/mol. The first kappa shape index (κ1) is 23.3. The van der Waals surface area contributed by atoms with Gasteiger partial charge in [0.05, 0.1) is 28.5 Å². The third kappa shape index (κ3) is 3.88. The molecule has 0 bridgehead atoms. The van der Waals surface area contributed by atoms with E-state index in [-0.39, 0.29) is 0 Å². The first-order chi connectivity index (χ1) is 20.3. The Labute approximate surface area is 236 Å². The molecule has 4 nitrogen and oxygen atoms in total. The number of aromatic nitrogens is 2. The van der Waals surface area contributed by atoms with E-state index in [1.54, 1.807) is 6.26 Å². The smallest absolute Gasteiger partial charge is 0.149 e. The van der Waals surface area contributed by atoms with Crippen LogP contribution in [0.1, 0.15) is 0 Å². The number of nitrogens with zero attached hydrogens (tertiary/aromatic N) is 2. The van der Waals surface area contributed by atoms with E-state index in [0.717, 1.165) is 72.7 Å². The summed E-state index contributed by atoms with van der Waals surface area (Å²) >= 11 is 0. The van der Waals surface area contributed by atoms with Crippen LogP contribution in [0.4, 0.5) is 0 Å². The van der Waals surface area contributed by atoms with Crippen molar-refractivity contribution in [3.8, 4) is 50.7 Å². The number of hydrogen-bond donors (Lipinski definition) is 0. The summed E-state index contributed by atoms with van der Waals surface area (Å²) in [6, 6.07) is 45.9. The second-order valence-corrected chi connectivity index (χ2v) is 10.0. The molecule has 0 radical (unpaired) electrons. The van der Waals surface area contributed by atoms with Gasteiger partial charge >= 0.3 is 0 Å². The summed E-state index contributed by atoms with van der Waals surface area (Å²) in [5.74, 6) is 1.63. The lowest BCUT2D eigenvalue weighted by Crippen LogP contribution is -2.03. The quantitative estimate of drug-likeness (QED) is 0.223. The van der Waals surface area contributed by atoms with Crippen LogP contribution in [0.15, 0.2) is 155 Å². The van der Waals surface area contributed by atoms with Crippen LogP contribution in [0.2, 0.25) is 0 Å². The third-order valence-corrected chi connectivity index (χ3v) is 7.61. The zero-order chi connectivity index (χ0) is 27.2. The fourth-order valence-electron chi connectivity index (χ4n) is 5.72. The average molecular weight is 529 g/mol. The Bertz CT molecular complexity index is 2080. The number of rotatable bonds is 5. The van der Waals surface area contributed by atoms with E-state index in [9.17, 15) is 0 Å². The predicted molar refractivity (Wildman–Crippen MR) is 165 cm³/mol. The van der Waals surface area contributed by atoms with Crippen LogP contribution >= 0.6 is 0 Å². The Morgan fingerprint density at radius 3 is 1.95 bits per heavy atom. The van der Waals surface area contributed by atoms with Gasteiger partial charge in [0.15, 0.2) is 0 Å². The number of imidazole rings is 1. The Morgan fingerprint density at radius 2 is 1.24 bits per heavy atom. The molecule has 3 heterocycles. The van der Waals surface area contributed by atoms with E-state index < -0.39 is 0 Å². The van der Waals surface area contributed by atoms with Gasteiger partial charge in [-0.05, 0) is 53.6 Å². The molecule has 4 heteroatoms. The van der Waals surface area contributed by atoms with Crippen molar-refractivity contribution in [3.63, 3.8) is 0 Å². The topological polar surface area (TPSA) is 44.1 Å². The van der Waals surface area contributed by atoms with Gasteiger partial charge in [0.2, 0.25) is 0 Å². The van der Waals surface area contributed by atoms with Gasteiger partial charge in [0.25, 0.3) is 0 Å². The minimum absolute atomic E-state index is 0.800. The lowest BCUT2D eigenvalue weighted by Gasteiger charge is -2.19. The molecule has 0 N–H and O–H groups in total. The molecule has 0 unspecified atom stereocenters. The highest BCUT2D eigenvalue weighted by Crippen LogP contribution is 2.42. The van der Waals surface area contributed by atoms with Crippen LogP contribution in [-0.4, -0.2) is 9.55 Å². The maximum absolute atomic E-state index is 6.11. The molecule has 0 aliphatic carbocycles. The molecular formula is C37H24N2O2. The van der Waals surface area contributed by atoms with E-state index in [4.69, 9.17) is 13.8 Å². The van der Waals surface area contributed by atoms with E-state index in [1.807, 2.05) is 36.6 Å². The standard InChI is InChI=1S/C37H24N2O2/c1-3-11-25(12-4-1)28-15-9-16-29(26-13-5-2-6-14-26)36(28)39-33-18-8-7-17-32(33)38-37(39)31-24-41-35-21-20-27(23-30(31)35)34-19-10-22-40-34/h1-24H. The summed E-state index contributed by atoms with van der Waals surface area (Å²) in [5, 5.41) is 0.980. The van der Waals surface area contributed by atoms with Gasteiger partial charge in [-0.1, -0.05) is 91.0 Å². The van der Waals surface area contributed by atoms with Gasteiger partial charge in [-0.3, -0.25) is 4.57 Å². The molecule has 0 saturated heterocycles. The Morgan fingerprint density at radius 1 is 0.537 bits per heavy atom. The van der Waals surface area contributed by atoms with Crippen molar-refractivity contribution in [2.24, 2.45) is 0 Å². The van der Waals surface area contributed by atoms with Crippen LogP contribution in [-0.2, 0) is 0 Å². The summed E-state index contributed by atoms with van der Waals surface area (Å²) in [6.45, 7) is 0. The molecule has 0 saturated carbocycles. The Hall–Kier alpha value is -5.61. The van der Waals surface area contributed by atoms with Crippen molar-refractivity contribution in [2.45, 2.75) is 0 Å². The van der Waals surface area contributed by atoms with Crippen LogP contribution < -0.4 is 0 Å². The number of hydrogen-bond acceptors (Lipinski definition) is 3. The van der Waals surface area contributed by atoms with Crippen molar-refractivity contribution in [3.05, 3.63) is 146 Å². The van der Waals surface area contributed by atoms with Crippen molar-refractivity contribution >= 4 is 22.0 Å². The summed E-state index contributed by atoms with van der Waals surface area (Å²) in [4.78, 5) is 5.22. The SMILES string of the molecule is c1ccc(-c2cccc(-c3ccccc3)c2-n2c(-c3coc4ccc(-c5ccco5)cc34)nc3ccccc32)cc1. The first-order valence-corrected chi connectivity index (χ1v) is 13.6. The molecule has 0 aliphatic heterocycles. The van der Waals surface area contributed by atoms with E-state index in [1.165, 1.54) is 0 Å². The van der Waals surface area contributed by atoms with Crippen molar-refractivity contribution in [2.75, 3.05) is 0 Å². The van der Waals surface area contributed by atoms with Crippen molar-refractivity contribution < 1.29 is 8.83 Å². The molecule has 0 aliphatic rings. The maximum atomic E-state index is 6.11. The number of furan rings is 2. The highest BCUT2D eigenvalue weighted by Gasteiger charge is 2.23. The fraction of sp³-hybridized carbons (Fsp3) is 0. The van der Waals surface area contributed by atoms with Crippen molar-refractivity contribution in [1.82, 2.24) is 9.55 Å². The molecule has 41 heavy (non-hydrogen) atoms. The molecule has 3 aromatic heterocycles. The van der Waals surface area contributed by atoms with Gasteiger partial charge in [-0.25, -0.2) is 4.98 Å². The Balaban J connectivity index is 1.47. The molecular weight excluding hydrogens is 504 g/mol. The zero-order valence-corrected chi connectivity index (χ0v) is 22.1. The number of para-hydroxylation sites is 3. The predicted octanol–water partition coefficient (Wildman–Crippen LogP) is 10.0. The summed E-state index contributed by atoms with van der Waals surface area (Å²) < 4.78 is 14.1. The number of fused-ring (bicyclic) bond motifs is 2. The van der Waals surface area contributed by atoms with Crippen LogP contribution in [0.25, 0.3) is 72.7 Å². The van der Waals surface area contributed by atoms with Crippen LogP contribution in [0.5, 0.6) is 0 Å². The minimum atomic E-state index is 0.800. The lowest BCUT2D eigenvalue weighted by molar-refractivity contribution is 0.582. The molecule has 0 spiro atoms. The molecule has 5 aromatic carbocycles. The van der Waals surface area contributed by atoms with E-state index in [2.05, 4.69) is 108 Å². The lowest BCUT2D eigenvalue weighted by atomic mass is 9.95. The molecule has 0 atom stereocenters. The number of benzene rings is 5. The first-order valence-electron chi connectivity index (χ1n) is 13.6. The van der Waals surface area contributed by atoms with Gasteiger partial charge < -0.3 is 8.83 Å². The second-order valence-electron chi connectivity index (χ2n) is 10.0. The largest absolute Gasteiger partial charge is 0.464 e. The normalized spacial score (nSPS) is 11.4. The van der Waals surface area contributed by atoms with Crippen LogP contribution in [0.3, 0.4) is 0 Å². The van der Waals surface area contributed by atoms with Crippen LogP contribution in [0, 0.1) is 0 Å². The zero-order valence-electron chi connectivity index (χ0n) is 22.1. The molecule has 0 fully saturated rings. The van der Waals surface area contributed by atoms with E-state index >= 15 is 0 Å². The highest BCUT2D eigenvalue weighted by molar-refractivity contribution is 5.99. The summed E-state index contributed by atoms with van der Waals surface area (Å²) in [5.41, 5.74) is 10.3.